The molecule has 64 heavy (non-hydrogen) atoms. The van der Waals surface area contributed by atoms with Crippen LogP contribution in [0.5, 0.6) is 0 Å². The van der Waals surface area contributed by atoms with E-state index in [0.717, 1.165) is 45.2 Å². The number of nitrogens with one attached hydrogen (secondary N) is 2. The first-order chi connectivity index (χ1) is 29.2. The summed E-state index contributed by atoms with van der Waals surface area (Å²) >= 11 is 0. The molecular formula is C48H34FIr5N10-5. The Kier molecular flexibility index (Phi) is 29.8. The Labute approximate surface area is 439 Å². The van der Waals surface area contributed by atoms with Gasteiger partial charge in [0, 0.05) is 132 Å². The van der Waals surface area contributed by atoms with Crippen LogP contribution in [0, 0.1) is 36.3 Å². The minimum Gasteiger partial charge on any atom is -0.453 e. The second-order valence-corrected chi connectivity index (χ2v) is 11.7. The summed E-state index contributed by atoms with van der Waals surface area (Å²) in [6, 6.07) is 47.0. The summed E-state index contributed by atoms with van der Waals surface area (Å²) in [5.74, 6) is -0.303. The fourth-order valence-corrected chi connectivity index (χ4v) is 4.90. The van der Waals surface area contributed by atoms with Crippen LogP contribution in [0.15, 0.2) is 196 Å². The topological polar surface area (TPSA) is 135 Å². The fourth-order valence-electron chi connectivity index (χ4n) is 4.90. The van der Waals surface area contributed by atoms with E-state index in [9.17, 15) is 4.39 Å². The summed E-state index contributed by atoms with van der Waals surface area (Å²) in [4.78, 5) is 38.4. The Morgan fingerprint density at radius 1 is 0.438 bits per heavy atom. The molecule has 0 aliphatic heterocycles. The number of hydrogen-bond acceptors (Lipinski definition) is 8. The molecule has 0 saturated carbocycles. The van der Waals surface area contributed by atoms with Crippen molar-refractivity contribution in [1.29, 1.82) is 0 Å². The maximum absolute atomic E-state index is 12.8. The van der Waals surface area contributed by atoms with Gasteiger partial charge >= 0.3 is 0 Å². The number of pyridine rings is 8. The van der Waals surface area contributed by atoms with E-state index in [1.54, 1.807) is 68.0 Å². The van der Waals surface area contributed by atoms with Gasteiger partial charge in [-0.2, -0.15) is 41.5 Å². The molecule has 16 heteroatoms. The van der Waals surface area contributed by atoms with Gasteiger partial charge < -0.3 is 39.9 Å². The zero-order valence-corrected chi connectivity index (χ0v) is 45.1. The number of halogens is 1. The third kappa shape index (κ3) is 19.8. The molecule has 0 bridgehead atoms. The number of H-pyrrole nitrogens is 2. The first-order valence-corrected chi connectivity index (χ1v) is 18.1. The van der Waals surface area contributed by atoms with Crippen LogP contribution < -0.4 is 0 Å². The van der Waals surface area contributed by atoms with E-state index in [4.69, 9.17) is 0 Å². The van der Waals surface area contributed by atoms with Crippen LogP contribution in [0.25, 0.3) is 56.4 Å². The normalized spacial score (nSPS) is 9.02. The smallest absolute Gasteiger partial charge is 0.117 e. The number of aromatic amines is 2. The molecule has 10 aromatic heterocycles. The van der Waals surface area contributed by atoms with Crippen LogP contribution in [0.2, 0.25) is 0 Å². The summed E-state index contributed by atoms with van der Waals surface area (Å²) < 4.78 is 12.8. The monoisotopic (exact) mass is 1730 g/mol. The molecule has 10 rings (SSSR count). The second-order valence-electron chi connectivity index (χ2n) is 11.7. The molecule has 0 atom stereocenters. The number of rotatable bonds is 5. The molecule has 0 amide bonds. The molecule has 5 radical (unpaired) electrons. The van der Waals surface area contributed by atoms with Crippen molar-refractivity contribution in [2.45, 2.75) is 0 Å². The summed E-state index contributed by atoms with van der Waals surface area (Å²) in [6.45, 7) is 0. The van der Waals surface area contributed by atoms with E-state index in [-0.39, 0.29) is 106 Å². The molecule has 10 heterocycles. The molecule has 0 aromatic carbocycles. The Balaban J connectivity index is 0.000000393. The largest absolute Gasteiger partial charge is 0.453 e. The Hall–Kier alpha value is -5.06. The van der Waals surface area contributed by atoms with Crippen molar-refractivity contribution in [1.82, 2.24) is 49.8 Å². The van der Waals surface area contributed by atoms with Gasteiger partial charge in [0.05, 0.1) is 0 Å². The maximum atomic E-state index is 12.8. The van der Waals surface area contributed by atoms with Crippen LogP contribution >= 0.6 is 0 Å². The summed E-state index contributed by atoms with van der Waals surface area (Å²) in [5.41, 5.74) is 8.72. The van der Waals surface area contributed by atoms with Gasteiger partial charge in [-0.05, 0) is 89.2 Å². The van der Waals surface area contributed by atoms with Crippen molar-refractivity contribution < 1.29 is 105 Å². The van der Waals surface area contributed by atoms with Crippen molar-refractivity contribution in [2.75, 3.05) is 0 Å². The zero-order valence-electron chi connectivity index (χ0n) is 33.1. The van der Waals surface area contributed by atoms with Crippen LogP contribution in [0.3, 0.4) is 0 Å². The van der Waals surface area contributed by atoms with Gasteiger partial charge in [0.1, 0.15) is 5.82 Å². The standard InChI is InChI=1S/C10H6FN2.2C10H7N2.2C9H7N2.5Ir/c11-9-3-5-13-10(6-9)8-2-1-4-12-7-8;1-3-7-11-9(5-1)10-6-2-4-8-12-10;1-2-6-12-10(3-1)9-4-7-11-8-5-9;2*1-2-5-11-9(3-1)8-4-6-10-7-8;;;;;/h1,3-7H;1-5,7-8H;1-4,6-8H;1-3,5-7,10H;1-6,10H;;;;;/q5*-1;;;;;. The third-order valence-corrected chi connectivity index (χ3v) is 7.64. The molecule has 0 unspecified atom stereocenters. The van der Waals surface area contributed by atoms with Gasteiger partial charge in [0.2, 0.25) is 0 Å². The molecule has 10 aromatic rings. The van der Waals surface area contributed by atoms with E-state index < -0.39 is 0 Å². The number of nitrogens with zero attached hydrogens (tertiary/aromatic N) is 8. The van der Waals surface area contributed by atoms with E-state index in [0.29, 0.717) is 11.3 Å². The average Bonchev–Trinajstić information content (AvgIpc) is 4.09. The van der Waals surface area contributed by atoms with Gasteiger partial charge in [-0.25, -0.2) is 4.39 Å². The number of hydrogen-bond donors (Lipinski definition) is 2. The quantitative estimate of drug-likeness (QED) is 0.163. The van der Waals surface area contributed by atoms with Crippen LogP contribution in [0.4, 0.5) is 4.39 Å². The minimum atomic E-state index is -0.303. The van der Waals surface area contributed by atoms with E-state index in [1.165, 1.54) is 18.3 Å². The summed E-state index contributed by atoms with van der Waals surface area (Å²) in [6.07, 6.45) is 25.3. The Morgan fingerprint density at radius 3 is 1.53 bits per heavy atom. The molecule has 333 valence electrons. The zero-order chi connectivity index (χ0) is 40.6. The van der Waals surface area contributed by atoms with E-state index in [1.807, 2.05) is 109 Å². The predicted molar refractivity (Wildman–Crippen MR) is 225 cm³/mol. The van der Waals surface area contributed by atoms with Crippen LogP contribution in [-0.2, 0) is 101 Å². The Bertz CT molecular complexity index is 2370. The van der Waals surface area contributed by atoms with E-state index in [2.05, 4.69) is 80.3 Å². The fraction of sp³-hybridized carbons (Fsp3) is 0. The van der Waals surface area contributed by atoms with Gasteiger partial charge in [-0.3, -0.25) is 9.97 Å². The minimum absolute atomic E-state index is 0. The van der Waals surface area contributed by atoms with Gasteiger partial charge in [-0.15, -0.1) is 47.8 Å². The predicted octanol–water partition coefficient (Wildman–Crippen LogP) is 9.71. The van der Waals surface area contributed by atoms with Crippen molar-refractivity contribution in [2.24, 2.45) is 0 Å². The Morgan fingerprint density at radius 2 is 1.05 bits per heavy atom. The van der Waals surface area contributed by atoms with Gasteiger partial charge in [-0.1, -0.05) is 73.3 Å². The first-order valence-electron chi connectivity index (χ1n) is 18.1. The first kappa shape index (κ1) is 57.0. The summed E-state index contributed by atoms with van der Waals surface area (Å²) in [7, 11) is 0. The molecule has 2 N–H and O–H groups in total. The maximum Gasteiger partial charge on any atom is 0.117 e. The molecule has 0 saturated heterocycles. The molecule has 10 nitrogen and oxygen atoms in total. The van der Waals surface area contributed by atoms with Gasteiger partial charge in [0.15, 0.2) is 0 Å². The molecule has 0 aliphatic carbocycles. The second kappa shape index (κ2) is 33.4. The van der Waals surface area contributed by atoms with Gasteiger partial charge in [0.25, 0.3) is 0 Å². The van der Waals surface area contributed by atoms with Crippen molar-refractivity contribution in [3.05, 3.63) is 232 Å². The van der Waals surface area contributed by atoms with Crippen LogP contribution in [-0.4, -0.2) is 49.8 Å². The average molecular weight is 1730 g/mol. The van der Waals surface area contributed by atoms with E-state index >= 15 is 0 Å². The van der Waals surface area contributed by atoms with Crippen molar-refractivity contribution >= 4 is 0 Å². The van der Waals surface area contributed by atoms with Crippen LogP contribution in [0.1, 0.15) is 0 Å². The molecule has 0 spiro atoms. The van der Waals surface area contributed by atoms with Crippen molar-refractivity contribution in [3.8, 4) is 56.4 Å². The number of aromatic nitrogens is 10. The third-order valence-electron chi connectivity index (χ3n) is 7.64. The summed E-state index contributed by atoms with van der Waals surface area (Å²) in [5, 5.41) is 0. The van der Waals surface area contributed by atoms with Crippen molar-refractivity contribution in [3.63, 3.8) is 0 Å². The molecular weight excluding hydrogens is 1700 g/mol. The SMILES string of the molecule is Fc1ccnc(-c2[c-]ccnc2)c1.[Ir].[Ir].[Ir].[Ir].[Ir].[c-]1[nH]ccc1-c1ccccn1.[c-]1c[nH]cc1-c1ccccn1.[c-]1cccnc1-c1ccccn1.[c-]1cnccc1-c1ccccn1. The molecule has 0 fully saturated rings. The molecule has 0 aliphatic rings.